The van der Waals surface area contributed by atoms with Crippen molar-refractivity contribution in [2.24, 2.45) is 0 Å². The first-order valence-electron chi connectivity index (χ1n) is 18.3. The Hall–Kier alpha value is -7.86. The topological polar surface area (TPSA) is 62.4 Å². The molecule has 0 atom stereocenters. The molecule has 5 heteroatoms. The number of para-hydroxylation sites is 5. The van der Waals surface area contributed by atoms with Crippen LogP contribution in [0.2, 0.25) is 0 Å². The van der Waals surface area contributed by atoms with Gasteiger partial charge in [-0.25, -0.2) is 0 Å². The van der Waals surface area contributed by atoms with Crippen molar-refractivity contribution in [2.75, 3.05) is 0 Å². The van der Waals surface area contributed by atoms with Crippen molar-refractivity contribution in [1.82, 2.24) is 13.7 Å². The predicted octanol–water partition coefficient (Wildman–Crippen LogP) is 12.4. The molecular formula is C50H29N5. The van der Waals surface area contributed by atoms with Crippen LogP contribution in [0.3, 0.4) is 0 Å². The largest absolute Gasteiger partial charge is 0.309 e. The second-order valence-electron chi connectivity index (χ2n) is 14.0. The molecule has 0 amide bonds. The molecule has 11 rings (SSSR count). The van der Waals surface area contributed by atoms with E-state index in [0.717, 1.165) is 82.8 Å². The van der Waals surface area contributed by atoms with Crippen LogP contribution in [0.25, 0.3) is 93.6 Å². The Bertz CT molecular complexity index is 3400. The molecule has 0 aliphatic heterocycles. The number of aromatic nitrogens is 3. The Morgan fingerprint density at radius 2 is 0.836 bits per heavy atom. The molecule has 3 aromatic heterocycles. The van der Waals surface area contributed by atoms with Crippen LogP contribution < -0.4 is 0 Å². The van der Waals surface area contributed by atoms with Gasteiger partial charge in [-0.05, 0) is 78.4 Å². The summed E-state index contributed by atoms with van der Waals surface area (Å²) in [5, 5.41) is 26.8. The third-order valence-corrected chi connectivity index (χ3v) is 11.1. The highest BCUT2D eigenvalue weighted by Gasteiger charge is 2.22. The number of rotatable bonds is 4. The van der Waals surface area contributed by atoms with Crippen molar-refractivity contribution in [3.05, 3.63) is 187 Å². The average molecular weight is 700 g/mol. The van der Waals surface area contributed by atoms with Crippen molar-refractivity contribution in [3.8, 4) is 40.3 Å². The van der Waals surface area contributed by atoms with E-state index in [-0.39, 0.29) is 0 Å². The third kappa shape index (κ3) is 4.45. The van der Waals surface area contributed by atoms with Gasteiger partial charge in [0.1, 0.15) is 0 Å². The molecule has 55 heavy (non-hydrogen) atoms. The lowest BCUT2D eigenvalue weighted by molar-refractivity contribution is 1.13. The molecule has 0 bridgehead atoms. The highest BCUT2D eigenvalue weighted by Crippen LogP contribution is 2.42. The van der Waals surface area contributed by atoms with Gasteiger partial charge < -0.3 is 13.7 Å². The second-order valence-corrected chi connectivity index (χ2v) is 14.0. The first kappa shape index (κ1) is 30.7. The molecule has 0 saturated carbocycles. The highest BCUT2D eigenvalue weighted by molar-refractivity contribution is 6.15. The van der Waals surface area contributed by atoms with Gasteiger partial charge in [0.25, 0.3) is 0 Å². The van der Waals surface area contributed by atoms with Gasteiger partial charge in [0.05, 0.1) is 67.7 Å². The van der Waals surface area contributed by atoms with Crippen molar-refractivity contribution < 1.29 is 0 Å². The van der Waals surface area contributed by atoms with Gasteiger partial charge in [0.2, 0.25) is 0 Å². The van der Waals surface area contributed by atoms with Crippen LogP contribution in [-0.2, 0) is 0 Å². The maximum absolute atomic E-state index is 10.3. The Kier molecular flexibility index (Phi) is 6.61. The van der Waals surface area contributed by atoms with Crippen LogP contribution in [0.5, 0.6) is 0 Å². The van der Waals surface area contributed by atoms with E-state index >= 15 is 0 Å². The zero-order valence-electron chi connectivity index (χ0n) is 29.5. The lowest BCUT2D eigenvalue weighted by atomic mass is 10.0. The van der Waals surface area contributed by atoms with E-state index in [1.165, 1.54) is 10.8 Å². The van der Waals surface area contributed by atoms with E-state index in [1.54, 1.807) is 0 Å². The lowest BCUT2D eigenvalue weighted by Gasteiger charge is -2.18. The van der Waals surface area contributed by atoms with Gasteiger partial charge in [-0.3, -0.25) is 0 Å². The van der Waals surface area contributed by atoms with E-state index < -0.39 is 0 Å². The third-order valence-electron chi connectivity index (χ3n) is 11.1. The molecule has 0 spiro atoms. The lowest BCUT2D eigenvalue weighted by Crippen LogP contribution is -2.02. The summed E-state index contributed by atoms with van der Waals surface area (Å²) in [4.78, 5) is 0. The normalized spacial score (nSPS) is 11.6. The Labute approximate surface area is 316 Å². The fourth-order valence-electron chi connectivity index (χ4n) is 8.75. The van der Waals surface area contributed by atoms with Crippen molar-refractivity contribution in [2.45, 2.75) is 0 Å². The molecule has 0 aliphatic rings. The predicted molar refractivity (Wildman–Crippen MR) is 224 cm³/mol. The molecular weight excluding hydrogens is 671 g/mol. The Balaban J connectivity index is 1.17. The summed E-state index contributed by atoms with van der Waals surface area (Å²) in [7, 11) is 0. The van der Waals surface area contributed by atoms with E-state index in [9.17, 15) is 10.5 Å². The van der Waals surface area contributed by atoms with E-state index in [2.05, 4.69) is 165 Å². The van der Waals surface area contributed by atoms with E-state index in [4.69, 9.17) is 0 Å². The van der Waals surface area contributed by atoms with Crippen LogP contribution in [0.15, 0.2) is 176 Å². The molecule has 0 fully saturated rings. The molecule has 254 valence electrons. The number of hydrogen-bond acceptors (Lipinski definition) is 2. The number of fused-ring (bicyclic) bond motifs is 9. The highest BCUT2D eigenvalue weighted by atomic mass is 15.1. The summed E-state index contributed by atoms with van der Waals surface area (Å²) in [6, 6.07) is 66.0. The van der Waals surface area contributed by atoms with Gasteiger partial charge in [-0.1, -0.05) is 103 Å². The second kappa shape index (κ2) is 11.8. The van der Waals surface area contributed by atoms with E-state index in [1.807, 2.05) is 36.4 Å². The maximum Gasteiger partial charge on any atom is 0.0992 e. The van der Waals surface area contributed by atoms with Gasteiger partial charge in [-0.15, -0.1) is 0 Å². The maximum atomic E-state index is 10.3. The van der Waals surface area contributed by atoms with Crippen molar-refractivity contribution in [3.63, 3.8) is 0 Å². The molecule has 0 saturated heterocycles. The molecule has 0 unspecified atom stereocenters. The standard InChI is InChI=1S/C50H29N5/c51-30-32-21-27-47-42(28-32)40-13-4-5-15-43(40)53(47)35-24-22-34(23-25-35)36-26-20-33(31-52)29-49(36)55-46-18-8-3-12-39(46)41-14-9-19-48(50(41)55)54-44-16-6-1-10-37(44)38-11-2-7-17-45(38)54/h1-29H. The first-order valence-corrected chi connectivity index (χ1v) is 18.3. The monoisotopic (exact) mass is 699 g/mol. The van der Waals surface area contributed by atoms with Crippen molar-refractivity contribution >= 4 is 65.4 Å². The summed E-state index contributed by atoms with van der Waals surface area (Å²) in [6.07, 6.45) is 0. The number of nitriles is 2. The zero-order valence-corrected chi connectivity index (χ0v) is 29.5. The molecule has 11 aromatic rings. The minimum absolute atomic E-state index is 0.595. The molecule has 3 heterocycles. The molecule has 8 aromatic carbocycles. The van der Waals surface area contributed by atoms with Crippen LogP contribution in [-0.4, -0.2) is 13.7 Å². The quantitative estimate of drug-likeness (QED) is 0.184. The molecule has 0 radical (unpaired) electrons. The average Bonchev–Trinajstić information content (AvgIpc) is 3.89. The minimum atomic E-state index is 0.595. The Morgan fingerprint density at radius 3 is 1.47 bits per heavy atom. The van der Waals surface area contributed by atoms with Gasteiger partial charge in [-0.2, -0.15) is 10.5 Å². The SMILES string of the molecule is N#Cc1ccc(-c2ccc(-n3c4ccccc4c4cc(C#N)ccc43)cc2)c(-n2c3ccccc3c3cccc(-n4c5ccccc5c5ccccc54)c32)c1. The van der Waals surface area contributed by atoms with Crippen LogP contribution in [0.4, 0.5) is 0 Å². The molecule has 5 nitrogen and oxygen atoms in total. The minimum Gasteiger partial charge on any atom is -0.309 e. The van der Waals surface area contributed by atoms with E-state index in [0.29, 0.717) is 11.1 Å². The van der Waals surface area contributed by atoms with Crippen LogP contribution in [0, 0.1) is 22.7 Å². The number of benzene rings is 8. The fraction of sp³-hybridized carbons (Fsp3) is 0. The summed E-state index contributed by atoms with van der Waals surface area (Å²) < 4.78 is 7.00. The molecule has 0 N–H and O–H groups in total. The molecule has 0 aliphatic carbocycles. The first-order chi connectivity index (χ1) is 27.2. The smallest absolute Gasteiger partial charge is 0.0992 e. The van der Waals surface area contributed by atoms with Gasteiger partial charge in [0, 0.05) is 43.6 Å². The van der Waals surface area contributed by atoms with Gasteiger partial charge >= 0.3 is 0 Å². The summed E-state index contributed by atoms with van der Waals surface area (Å²) in [6.45, 7) is 0. The zero-order chi connectivity index (χ0) is 36.6. The van der Waals surface area contributed by atoms with Crippen molar-refractivity contribution in [1.29, 1.82) is 10.5 Å². The van der Waals surface area contributed by atoms with Crippen LogP contribution in [0.1, 0.15) is 11.1 Å². The summed E-state index contributed by atoms with van der Waals surface area (Å²) >= 11 is 0. The summed E-state index contributed by atoms with van der Waals surface area (Å²) in [5.74, 6) is 0. The van der Waals surface area contributed by atoms with Crippen LogP contribution >= 0.6 is 0 Å². The fourth-order valence-corrected chi connectivity index (χ4v) is 8.75. The Morgan fingerprint density at radius 1 is 0.345 bits per heavy atom. The van der Waals surface area contributed by atoms with Gasteiger partial charge in [0.15, 0.2) is 0 Å². The number of nitrogens with zero attached hydrogens (tertiary/aromatic N) is 5. The summed E-state index contributed by atoms with van der Waals surface area (Å²) in [5.41, 5.74) is 12.9. The number of hydrogen-bond donors (Lipinski definition) is 0.